The van der Waals surface area contributed by atoms with Gasteiger partial charge in [-0.1, -0.05) is 30.3 Å². The first-order valence-electron chi connectivity index (χ1n) is 9.52. The molecule has 146 valence electrons. The molecular formula is C21H23N3O4. The smallest absolute Gasteiger partial charge is 0.266 e. The van der Waals surface area contributed by atoms with Crippen molar-refractivity contribution < 1.29 is 19.1 Å². The van der Waals surface area contributed by atoms with E-state index in [0.29, 0.717) is 24.7 Å². The van der Waals surface area contributed by atoms with Gasteiger partial charge >= 0.3 is 0 Å². The zero-order chi connectivity index (χ0) is 19.3. The maximum atomic E-state index is 13.2. The molecular weight excluding hydrogens is 358 g/mol. The fourth-order valence-electron chi connectivity index (χ4n) is 3.52. The number of nitrogens with zero attached hydrogens (tertiary/aromatic N) is 3. The van der Waals surface area contributed by atoms with E-state index in [-0.39, 0.29) is 31.1 Å². The Kier molecular flexibility index (Phi) is 5.53. The van der Waals surface area contributed by atoms with E-state index in [1.807, 2.05) is 30.3 Å². The van der Waals surface area contributed by atoms with E-state index in [9.17, 15) is 9.59 Å². The molecule has 2 amide bonds. The second-order valence-corrected chi connectivity index (χ2v) is 6.99. The van der Waals surface area contributed by atoms with Crippen LogP contribution in [-0.2, 0) is 20.9 Å². The van der Waals surface area contributed by atoms with Crippen molar-refractivity contribution in [1.82, 2.24) is 9.88 Å². The van der Waals surface area contributed by atoms with E-state index < -0.39 is 0 Å². The molecule has 2 aliphatic heterocycles. The molecule has 0 saturated carbocycles. The van der Waals surface area contributed by atoms with Gasteiger partial charge in [0.2, 0.25) is 5.91 Å². The highest BCUT2D eigenvalue weighted by Crippen LogP contribution is 2.29. The summed E-state index contributed by atoms with van der Waals surface area (Å²) in [5, 5.41) is 0. The van der Waals surface area contributed by atoms with Gasteiger partial charge in [0.25, 0.3) is 5.91 Å². The molecule has 1 fully saturated rings. The molecule has 0 radical (unpaired) electrons. The van der Waals surface area contributed by atoms with Crippen LogP contribution < -0.4 is 9.64 Å². The molecule has 0 unspecified atom stereocenters. The highest BCUT2D eigenvalue weighted by Gasteiger charge is 2.31. The lowest BCUT2D eigenvalue weighted by Crippen LogP contribution is -2.48. The molecule has 0 spiro atoms. The Morgan fingerprint density at radius 3 is 2.86 bits per heavy atom. The van der Waals surface area contributed by atoms with Crippen molar-refractivity contribution in [1.29, 1.82) is 0 Å². The van der Waals surface area contributed by atoms with Crippen molar-refractivity contribution in [3.05, 3.63) is 54.2 Å². The topological polar surface area (TPSA) is 72.0 Å². The zero-order valence-corrected chi connectivity index (χ0v) is 15.6. The lowest BCUT2D eigenvalue weighted by Gasteiger charge is -2.31. The van der Waals surface area contributed by atoms with Crippen LogP contribution in [0.15, 0.2) is 48.7 Å². The Morgan fingerprint density at radius 1 is 1.21 bits per heavy atom. The van der Waals surface area contributed by atoms with Crippen molar-refractivity contribution in [2.24, 2.45) is 0 Å². The van der Waals surface area contributed by atoms with Gasteiger partial charge in [0.15, 0.2) is 18.2 Å². The van der Waals surface area contributed by atoms with Crippen LogP contribution in [0.5, 0.6) is 5.75 Å². The van der Waals surface area contributed by atoms with Crippen LogP contribution in [0.3, 0.4) is 0 Å². The molecule has 0 N–H and O–H groups in total. The first-order chi connectivity index (χ1) is 13.7. The fraction of sp³-hybridized carbons (Fsp3) is 0.381. The maximum Gasteiger partial charge on any atom is 0.266 e. The minimum absolute atomic E-state index is 0.0402. The summed E-state index contributed by atoms with van der Waals surface area (Å²) in [7, 11) is 0. The van der Waals surface area contributed by atoms with Crippen LogP contribution in [0.25, 0.3) is 0 Å². The predicted molar refractivity (Wildman–Crippen MR) is 103 cm³/mol. The van der Waals surface area contributed by atoms with E-state index in [1.165, 1.54) is 4.90 Å². The Balaban J connectivity index is 1.52. The van der Waals surface area contributed by atoms with Crippen LogP contribution in [0, 0.1) is 0 Å². The first-order valence-corrected chi connectivity index (χ1v) is 9.52. The largest absolute Gasteiger partial charge is 0.480 e. The summed E-state index contributed by atoms with van der Waals surface area (Å²) in [5.41, 5.74) is 1.04. The summed E-state index contributed by atoms with van der Waals surface area (Å²) in [6.45, 7) is 1.58. The van der Waals surface area contributed by atoms with E-state index in [2.05, 4.69) is 4.98 Å². The number of pyridine rings is 1. The number of rotatable bonds is 6. The Labute approximate surface area is 163 Å². The lowest BCUT2D eigenvalue weighted by atomic mass is 10.1. The average molecular weight is 381 g/mol. The molecule has 4 rings (SSSR count). The number of benzene rings is 1. The number of fused-ring (bicyclic) bond motifs is 1. The van der Waals surface area contributed by atoms with Gasteiger partial charge in [0.05, 0.1) is 6.10 Å². The summed E-state index contributed by atoms with van der Waals surface area (Å²) in [4.78, 5) is 33.0. The molecule has 1 aromatic heterocycles. The molecule has 2 aliphatic rings. The second kappa shape index (κ2) is 8.39. The quantitative estimate of drug-likeness (QED) is 0.766. The van der Waals surface area contributed by atoms with Crippen LogP contribution in [-0.4, -0.2) is 54.1 Å². The second-order valence-electron chi connectivity index (χ2n) is 6.99. The fourth-order valence-corrected chi connectivity index (χ4v) is 3.52. The van der Waals surface area contributed by atoms with Crippen molar-refractivity contribution in [2.75, 3.05) is 31.2 Å². The standard InChI is InChI=1S/C21H23N3O4/c25-19(14-24-20(26)15-28-18-9-4-10-22-21(18)24)23(13-17-8-5-11-27-17)12-16-6-2-1-3-7-16/h1-4,6-7,9-10,17H,5,8,11-15H2/t17-/m0/s1. The van der Waals surface area contributed by atoms with Gasteiger partial charge in [-0.25, -0.2) is 4.98 Å². The lowest BCUT2D eigenvalue weighted by molar-refractivity contribution is -0.133. The third kappa shape index (κ3) is 4.14. The molecule has 1 saturated heterocycles. The SMILES string of the molecule is O=C(CN1C(=O)COc2cccnc21)N(Cc1ccccc1)C[C@@H]1CCCO1. The van der Waals surface area contributed by atoms with E-state index in [1.54, 1.807) is 23.2 Å². The third-order valence-electron chi connectivity index (χ3n) is 4.97. The van der Waals surface area contributed by atoms with Gasteiger partial charge in [0.1, 0.15) is 6.54 Å². The van der Waals surface area contributed by atoms with Gasteiger partial charge in [-0.15, -0.1) is 0 Å². The van der Waals surface area contributed by atoms with Crippen molar-refractivity contribution in [2.45, 2.75) is 25.5 Å². The molecule has 0 aliphatic carbocycles. The van der Waals surface area contributed by atoms with Crippen LogP contribution in [0.1, 0.15) is 18.4 Å². The van der Waals surface area contributed by atoms with Crippen LogP contribution in [0.4, 0.5) is 5.82 Å². The van der Waals surface area contributed by atoms with E-state index in [0.717, 1.165) is 25.0 Å². The van der Waals surface area contributed by atoms with Gasteiger partial charge < -0.3 is 14.4 Å². The first kappa shape index (κ1) is 18.4. The maximum absolute atomic E-state index is 13.2. The highest BCUT2D eigenvalue weighted by molar-refractivity contribution is 6.01. The van der Waals surface area contributed by atoms with Gasteiger partial charge in [-0.05, 0) is 30.5 Å². The van der Waals surface area contributed by atoms with Crippen LogP contribution in [0.2, 0.25) is 0 Å². The van der Waals surface area contributed by atoms with Crippen molar-refractivity contribution in [3.8, 4) is 5.75 Å². The van der Waals surface area contributed by atoms with Crippen molar-refractivity contribution in [3.63, 3.8) is 0 Å². The number of carbonyl (C=O) groups is 2. The van der Waals surface area contributed by atoms with E-state index in [4.69, 9.17) is 9.47 Å². The molecule has 1 atom stereocenters. The number of anilines is 1. The number of aromatic nitrogens is 1. The minimum Gasteiger partial charge on any atom is -0.480 e. The third-order valence-corrected chi connectivity index (χ3v) is 4.97. The normalized spacial score (nSPS) is 18.5. The Bertz CT molecular complexity index is 837. The summed E-state index contributed by atoms with van der Waals surface area (Å²) in [6, 6.07) is 13.3. The van der Waals surface area contributed by atoms with Gasteiger partial charge in [-0.2, -0.15) is 0 Å². The molecule has 2 aromatic rings. The highest BCUT2D eigenvalue weighted by atomic mass is 16.5. The zero-order valence-electron chi connectivity index (χ0n) is 15.6. The number of amides is 2. The summed E-state index contributed by atoms with van der Waals surface area (Å²) >= 11 is 0. The summed E-state index contributed by atoms with van der Waals surface area (Å²) < 4.78 is 11.1. The molecule has 3 heterocycles. The molecule has 28 heavy (non-hydrogen) atoms. The predicted octanol–water partition coefficient (Wildman–Crippen LogP) is 2.01. The molecule has 0 bridgehead atoms. The molecule has 1 aromatic carbocycles. The summed E-state index contributed by atoms with van der Waals surface area (Å²) in [5.74, 6) is 0.509. The number of carbonyl (C=O) groups excluding carboxylic acids is 2. The Morgan fingerprint density at radius 2 is 2.07 bits per heavy atom. The van der Waals surface area contributed by atoms with Crippen molar-refractivity contribution >= 4 is 17.6 Å². The monoisotopic (exact) mass is 381 g/mol. The minimum atomic E-state index is -0.267. The Hall–Kier alpha value is -2.93. The number of ether oxygens (including phenoxy) is 2. The molecule has 7 heteroatoms. The average Bonchev–Trinajstić information content (AvgIpc) is 3.23. The van der Waals surface area contributed by atoms with Crippen LogP contribution >= 0.6 is 0 Å². The molecule has 7 nitrogen and oxygen atoms in total. The van der Waals surface area contributed by atoms with E-state index >= 15 is 0 Å². The number of hydrogen-bond acceptors (Lipinski definition) is 5. The number of hydrogen-bond donors (Lipinski definition) is 0. The van der Waals surface area contributed by atoms with Gasteiger partial charge in [-0.3, -0.25) is 14.5 Å². The summed E-state index contributed by atoms with van der Waals surface area (Å²) in [6.07, 6.45) is 3.58. The van der Waals surface area contributed by atoms with Gasteiger partial charge in [0, 0.05) is 25.9 Å².